The van der Waals surface area contributed by atoms with E-state index in [9.17, 15) is 9.59 Å². The average Bonchev–Trinajstić information content (AvgIpc) is 2.55. The molecule has 25 heavy (non-hydrogen) atoms. The van der Waals surface area contributed by atoms with Gasteiger partial charge >= 0.3 is 5.97 Å². The summed E-state index contributed by atoms with van der Waals surface area (Å²) in [5, 5.41) is 3.74. The molecule has 0 bridgehead atoms. The number of anilines is 1. The third-order valence-electron chi connectivity index (χ3n) is 3.60. The van der Waals surface area contributed by atoms with Crippen molar-refractivity contribution < 1.29 is 14.3 Å². The second-order valence-electron chi connectivity index (χ2n) is 5.94. The Morgan fingerprint density at radius 1 is 1.04 bits per heavy atom. The summed E-state index contributed by atoms with van der Waals surface area (Å²) < 4.78 is 5.20. The summed E-state index contributed by atoms with van der Waals surface area (Å²) in [5.74, 6) is -1.31. The van der Waals surface area contributed by atoms with Crippen LogP contribution in [0.15, 0.2) is 48.5 Å². The fourth-order valence-corrected chi connectivity index (χ4v) is 2.77. The van der Waals surface area contributed by atoms with Gasteiger partial charge in [-0.25, -0.2) is 0 Å². The summed E-state index contributed by atoms with van der Waals surface area (Å²) in [6.07, 6.45) is 0. The molecule has 0 fully saturated rings. The van der Waals surface area contributed by atoms with Crippen molar-refractivity contribution >= 4 is 40.8 Å². The van der Waals surface area contributed by atoms with Crippen molar-refractivity contribution in [2.75, 3.05) is 11.9 Å². The summed E-state index contributed by atoms with van der Waals surface area (Å²) in [4.78, 5) is 24.4. The lowest BCUT2D eigenvalue weighted by molar-refractivity contribution is -0.149. The maximum atomic E-state index is 12.4. The quantitative estimate of drug-likeness (QED) is 0.724. The smallest absolute Gasteiger partial charge is 0.314 e. The number of amides is 1. The molecule has 0 radical (unpaired) electrons. The van der Waals surface area contributed by atoms with Crippen LogP contribution >= 0.6 is 23.2 Å². The number of nitrogens with one attached hydrogen (secondary N) is 1. The number of benzene rings is 2. The zero-order valence-electron chi connectivity index (χ0n) is 14.0. The van der Waals surface area contributed by atoms with Gasteiger partial charge in [0.25, 0.3) is 5.91 Å². The first-order valence-corrected chi connectivity index (χ1v) is 8.60. The molecule has 0 unspecified atom stereocenters. The summed E-state index contributed by atoms with van der Waals surface area (Å²) in [6.45, 7) is 3.49. The zero-order valence-corrected chi connectivity index (χ0v) is 15.5. The van der Waals surface area contributed by atoms with E-state index in [2.05, 4.69) is 5.32 Å². The Kier molecular flexibility index (Phi) is 6.85. The normalized spacial score (nSPS) is 11.9. The van der Waals surface area contributed by atoms with Gasteiger partial charge in [0.05, 0.1) is 5.92 Å². The van der Waals surface area contributed by atoms with Crippen LogP contribution in [0, 0.1) is 5.92 Å². The number of carbonyl (C=O) groups excluding carboxylic acids is 2. The van der Waals surface area contributed by atoms with Gasteiger partial charge in [0.15, 0.2) is 6.61 Å². The van der Waals surface area contributed by atoms with E-state index in [0.29, 0.717) is 15.7 Å². The minimum absolute atomic E-state index is 0.0182. The topological polar surface area (TPSA) is 55.4 Å². The summed E-state index contributed by atoms with van der Waals surface area (Å²) in [6, 6.07) is 13.8. The van der Waals surface area contributed by atoms with Gasteiger partial charge in [-0.2, -0.15) is 0 Å². The number of rotatable bonds is 6. The number of carbonyl (C=O) groups is 2. The number of hydrogen-bond acceptors (Lipinski definition) is 3. The molecule has 2 aromatic carbocycles. The lowest BCUT2D eigenvalue weighted by Gasteiger charge is -2.20. The molecule has 1 atom stereocenters. The van der Waals surface area contributed by atoms with Crippen LogP contribution in [0.4, 0.5) is 5.69 Å². The molecule has 0 aromatic heterocycles. The van der Waals surface area contributed by atoms with Gasteiger partial charge in [0.2, 0.25) is 0 Å². The second-order valence-corrected chi connectivity index (χ2v) is 6.81. The minimum atomic E-state index is -0.462. The third-order valence-corrected chi connectivity index (χ3v) is 4.09. The molecular weight excluding hydrogens is 361 g/mol. The van der Waals surface area contributed by atoms with Crippen molar-refractivity contribution in [1.29, 1.82) is 0 Å². The predicted molar refractivity (Wildman–Crippen MR) is 100 cm³/mol. The largest absolute Gasteiger partial charge is 0.455 e. The van der Waals surface area contributed by atoms with Gasteiger partial charge < -0.3 is 10.1 Å². The van der Waals surface area contributed by atoms with Crippen LogP contribution in [0.25, 0.3) is 0 Å². The number of ether oxygens (including phenoxy) is 1. The van der Waals surface area contributed by atoms with E-state index < -0.39 is 17.8 Å². The Labute approximate surface area is 157 Å². The van der Waals surface area contributed by atoms with Crippen molar-refractivity contribution in [3.63, 3.8) is 0 Å². The van der Waals surface area contributed by atoms with Crippen LogP contribution in [-0.2, 0) is 14.3 Å². The Balaban J connectivity index is 1.96. The van der Waals surface area contributed by atoms with E-state index in [4.69, 9.17) is 27.9 Å². The van der Waals surface area contributed by atoms with E-state index >= 15 is 0 Å². The molecule has 1 N–H and O–H groups in total. The average molecular weight is 380 g/mol. The Bertz CT molecular complexity index is 745. The standard InChI is InChI=1S/C19H19Cl2NO3/c1-12(2)18(13-6-8-14(20)9-7-13)19(24)25-11-17(23)22-16-5-3-4-15(21)10-16/h3-10,12,18H,11H2,1-2H3,(H,22,23)/t18-/m1/s1. The maximum absolute atomic E-state index is 12.4. The van der Waals surface area contributed by atoms with Crippen LogP contribution in [-0.4, -0.2) is 18.5 Å². The lowest BCUT2D eigenvalue weighted by Crippen LogP contribution is -2.26. The first-order valence-electron chi connectivity index (χ1n) is 7.84. The predicted octanol–water partition coefficient (Wildman–Crippen LogP) is 4.91. The van der Waals surface area contributed by atoms with Gasteiger partial charge in [0.1, 0.15) is 0 Å². The monoisotopic (exact) mass is 379 g/mol. The molecule has 0 aliphatic carbocycles. The van der Waals surface area contributed by atoms with Crippen molar-refractivity contribution in [1.82, 2.24) is 0 Å². The molecule has 0 spiro atoms. The van der Waals surface area contributed by atoms with Crippen molar-refractivity contribution in [3.8, 4) is 0 Å². The Morgan fingerprint density at radius 2 is 1.72 bits per heavy atom. The van der Waals surface area contributed by atoms with Crippen LogP contribution in [0.1, 0.15) is 25.3 Å². The second kappa shape index (κ2) is 8.88. The highest BCUT2D eigenvalue weighted by Gasteiger charge is 2.26. The summed E-state index contributed by atoms with van der Waals surface area (Å²) in [5.41, 5.74) is 1.35. The van der Waals surface area contributed by atoms with E-state index in [1.807, 2.05) is 13.8 Å². The Morgan fingerprint density at radius 3 is 2.32 bits per heavy atom. The molecule has 0 aliphatic rings. The van der Waals surface area contributed by atoms with Crippen LogP contribution in [0.5, 0.6) is 0 Å². The molecule has 0 saturated carbocycles. The van der Waals surface area contributed by atoms with Crippen molar-refractivity contribution in [2.24, 2.45) is 5.92 Å². The van der Waals surface area contributed by atoms with Gasteiger partial charge in [-0.3, -0.25) is 9.59 Å². The SMILES string of the molecule is CC(C)[C@@H](C(=O)OCC(=O)Nc1cccc(Cl)c1)c1ccc(Cl)cc1. The number of halogens is 2. The van der Waals surface area contributed by atoms with E-state index in [-0.39, 0.29) is 12.5 Å². The summed E-state index contributed by atoms with van der Waals surface area (Å²) >= 11 is 11.8. The van der Waals surface area contributed by atoms with Crippen LogP contribution in [0.3, 0.4) is 0 Å². The fraction of sp³-hybridized carbons (Fsp3) is 0.263. The van der Waals surface area contributed by atoms with Gasteiger partial charge in [0, 0.05) is 15.7 Å². The van der Waals surface area contributed by atoms with E-state index in [0.717, 1.165) is 5.56 Å². The van der Waals surface area contributed by atoms with Crippen molar-refractivity contribution in [3.05, 3.63) is 64.1 Å². The molecule has 0 aliphatic heterocycles. The van der Waals surface area contributed by atoms with E-state index in [1.165, 1.54) is 0 Å². The molecule has 4 nitrogen and oxygen atoms in total. The number of esters is 1. The lowest BCUT2D eigenvalue weighted by atomic mass is 9.88. The molecule has 2 aromatic rings. The molecule has 0 saturated heterocycles. The van der Waals surface area contributed by atoms with Crippen LogP contribution < -0.4 is 5.32 Å². The first kappa shape index (κ1) is 19.3. The first-order chi connectivity index (χ1) is 11.9. The number of hydrogen-bond donors (Lipinski definition) is 1. The highest BCUT2D eigenvalue weighted by molar-refractivity contribution is 6.31. The summed E-state index contributed by atoms with van der Waals surface area (Å²) in [7, 11) is 0. The van der Waals surface area contributed by atoms with Crippen LogP contribution in [0.2, 0.25) is 10.0 Å². The van der Waals surface area contributed by atoms with Gasteiger partial charge in [-0.1, -0.05) is 55.2 Å². The molecule has 132 valence electrons. The minimum Gasteiger partial charge on any atom is -0.455 e. The van der Waals surface area contributed by atoms with Gasteiger partial charge in [-0.15, -0.1) is 0 Å². The highest BCUT2D eigenvalue weighted by Crippen LogP contribution is 2.27. The Hall–Kier alpha value is -2.04. The highest BCUT2D eigenvalue weighted by atomic mass is 35.5. The fourth-order valence-electron chi connectivity index (χ4n) is 2.45. The third kappa shape index (κ3) is 5.76. The molecule has 1 amide bonds. The molecule has 6 heteroatoms. The van der Waals surface area contributed by atoms with E-state index in [1.54, 1.807) is 48.5 Å². The van der Waals surface area contributed by atoms with Crippen molar-refractivity contribution in [2.45, 2.75) is 19.8 Å². The molecule has 2 rings (SSSR count). The molecular formula is C19H19Cl2NO3. The van der Waals surface area contributed by atoms with Gasteiger partial charge in [-0.05, 0) is 41.8 Å². The maximum Gasteiger partial charge on any atom is 0.314 e. The molecule has 0 heterocycles. The zero-order chi connectivity index (χ0) is 18.4.